The second-order valence-corrected chi connectivity index (χ2v) is 7.22. The van der Waals surface area contributed by atoms with E-state index in [2.05, 4.69) is 16.4 Å². The Labute approximate surface area is 156 Å². The maximum absolute atomic E-state index is 10.4. The first-order valence-corrected chi connectivity index (χ1v) is 9.34. The molecule has 27 heavy (non-hydrogen) atoms. The Kier molecular flexibility index (Phi) is 3.79. The number of aromatic nitrogens is 4. The molecular weight excluding hydrogens is 338 g/mol. The fourth-order valence-electron chi connectivity index (χ4n) is 3.87. The second kappa shape index (κ2) is 6.32. The third kappa shape index (κ3) is 2.92. The molecule has 0 spiro atoms. The molecule has 2 N–H and O–H groups in total. The van der Waals surface area contributed by atoms with Gasteiger partial charge in [-0.1, -0.05) is 0 Å². The number of pyridine rings is 3. The third-order valence-electron chi connectivity index (χ3n) is 5.29. The zero-order chi connectivity index (χ0) is 18.4. The summed E-state index contributed by atoms with van der Waals surface area (Å²) in [6, 6.07) is 9.72. The molecule has 0 unspecified atom stereocenters. The van der Waals surface area contributed by atoms with Gasteiger partial charge in [0.25, 0.3) is 0 Å². The number of aromatic hydroxyl groups is 1. The van der Waals surface area contributed by atoms with Crippen molar-refractivity contribution in [2.24, 2.45) is 0 Å². The van der Waals surface area contributed by atoms with Crippen LogP contribution in [-0.4, -0.2) is 37.5 Å². The van der Waals surface area contributed by atoms with E-state index >= 15 is 0 Å². The summed E-state index contributed by atoms with van der Waals surface area (Å²) in [5, 5.41) is 13.8. The van der Waals surface area contributed by atoms with E-state index in [1.54, 1.807) is 6.07 Å². The van der Waals surface area contributed by atoms with E-state index in [-0.39, 0.29) is 5.75 Å². The van der Waals surface area contributed by atoms with E-state index < -0.39 is 0 Å². The number of aryl methyl sites for hydroxylation is 1. The second-order valence-electron chi connectivity index (χ2n) is 7.22. The summed E-state index contributed by atoms with van der Waals surface area (Å²) in [6.45, 7) is 4.04. The van der Waals surface area contributed by atoms with Crippen LogP contribution >= 0.6 is 0 Å². The lowest BCUT2D eigenvalue weighted by molar-refractivity contribution is 0.454. The van der Waals surface area contributed by atoms with E-state index in [9.17, 15) is 5.11 Å². The topological polar surface area (TPSA) is 75.3 Å². The lowest BCUT2D eigenvalue weighted by Gasteiger charge is -2.22. The van der Waals surface area contributed by atoms with Gasteiger partial charge in [0.15, 0.2) is 0 Å². The molecule has 0 radical (unpaired) electrons. The largest absolute Gasteiger partial charge is 0.507 e. The number of nitrogens with zero attached hydrogens (tertiary/aromatic N) is 4. The van der Waals surface area contributed by atoms with Crippen molar-refractivity contribution in [3.63, 3.8) is 0 Å². The van der Waals surface area contributed by atoms with Gasteiger partial charge in [-0.15, -0.1) is 0 Å². The van der Waals surface area contributed by atoms with Crippen LogP contribution in [0, 0.1) is 6.92 Å². The molecule has 0 bridgehead atoms. The molecule has 1 aliphatic rings. The molecule has 4 aromatic rings. The van der Waals surface area contributed by atoms with Crippen LogP contribution in [0.5, 0.6) is 5.75 Å². The molecule has 0 atom stereocenters. The highest BCUT2D eigenvalue weighted by molar-refractivity contribution is 5.80. The van der Waals surface area contributed by atoms with Gasteiger partial charge in [0, 0.05) is 30.1 Å². The maximum Gasteiger partial charge on any atom is 0.140 e. The van der Waals surface area contributed by atoms with Gasteiger partial charge in [-0.2, -0.15) is 0 Å². The molecule has 136 valence electrons. The summed E-state index contributed by atoms with van der Waals surface area (Å²) >= 11 is 0. The summed E-state index contributed by atoms with van der Waals surface area (Å²) in [6.07, 6.45) is 6.06. The zero-order valence-electron chi connectivity index (χ0n) is 15.2. The van der Waals surface area contributed by atoms with Crippen molar-refractivity contribution in [1.29, 1.82) is 0 Å². The first-order chi connectivity index (χ1) is 13.2. The number of rotatable bonds is 2. The molecule has 6 heteroatoms. The molecule has 0 saturated carbocycles. The minimum atomic E-state index is 0.180. The quantitative estimate of drug-likeness (QED) is 0.573. The van der Waals surface area contributed by atoms with Gasteiger partial charge >= 0.3 is 0 Å². The Morgan fingerprint density at radius 3 is 2.63 bits per heavy atom. The predicted molar refractivity (Wildman–Crippen MR) is 105 cm³/mol. The highest BCUT2D eigenvalue weighted by Gasteiger charge is 2.17. The van der Waals surface area contributed by atoms with Crippen molar-refractivity contribution in [2.45, 2.75) is 25.7 Å². The summed E-state index contributed by atoms with van der Waals surface area (Å²) < 4.78 is 1.91. The van der Waals surface area contributed by atoms with Crippen LogP contribution in [0.3, 0.4) is 0 Å². The van der Waals surface area contributed by atoms with Crippen molar-refractivity contribution in [1.82, 2.24) is 24.7 Å². The lowest BCUT2D eigenvalue weighted by atomic mass is 9.94. The van der Waals surface area contributed by atoms with Gasteiger partial charge < -0.3 is 14.8 Å². The predicted octanol–water partition coefficient (Wildman–Crippen LogP) is 3.43. The smallest absolute Gasteiger partial charge is 0.140 e. The monoisotopic (exact) mass is 359 g/mol. The van der Waals surface area contributed by atoms with Crippen LogP contribution in [0.25, 0.3) is 27.9 Å². The summed E-state index contributed by atoms with van der Waals surface area (Å²) in [5.41, 5.74) is 5.93. The molecule has 0 aromatic carbocycles. The SMILES string of the molecule is Cc1cn2cc(-c3ccc4nc(C5CCNCC5)ccc4n3)c(O)cc2n1. The molecule has 5 rings (SSSR count). The Morgan fingerprint density at radius 2 is 1.78 bits per heavy atom. The number of nitrogens with one attached hydrogen (secondary N) is 1. The highest BCUT2D eigenvalue weighted by Crippen LogP contribution is 2.31. The van der Waals surface area contributed by atoms with E-state index in [1.807, 2.05) is 41.9 Å². The molecule has 0 amide bonds. The normalized spacial score (nSPS) is 15.6. The number of imidazole rings is 1. The minimum Gasteiger partial charge on any atom is -0.507 e. The summed E-state index contributed by atoms with van der Waals surface area (Å²) in [7, 11) is 0. The molecule has 4 aromatic heterocycles. The Hall–Kier alpha value is -2.99. The van der Waals surface area contributed by atoms with Gasteiger partial charge in [-0.05, 0) is 57.1 Å². The average molecular weight is 359 g/mol. The van der Waals surface area contributed by atoms with Crippen molar-refractivity contribution in [3.8, 4) is 17.0 Å². The first kappa shape index (κ1) is 16.2. The molecule has 0 aliphatic carbocycles. The molecule has 1 saturated heterocycles. The van der Waals surface area contributed by atoms with Crippen molar-refractivity contribution in [2.75, 3.05) is 13.1 Å². The minimum absolute atomic E-state index is 0.180. The molecule has 6 nitrogen and oxygen atoms in total. The van der Waals surface area contributed by atoms with E-state index in [4.69, 9.17) is 9.97 Å². The van der Waals surface area contributed by atoms with E-state index in [0.29, 0.717) is 11.5 Å². The van der Waals surface area contributed by atoms with Crippen LogP contribution in [0.2, 0.25) is 0 Å². The molecule has 5 heterocycles. The standard InChI is InChI=1S/C21H21N5O/c1-13-11-26-12-15(20(27)10-21(26)23-13)17-3-5-18-19(25-17)4-2-16(24-18)14-6-8-22-9-7-14/h2-5,10-12,14,22,27H,6-9H2,1H3. The van der Waals surface area contributed by atoms with Crippen molar-refractivity contribution in [3.05, 3.63) is 54.1 Å². The lowest BCUT2D eigenvalue weighted by Crippen LogP contribution is -2.27. The van der Waals surface area contributed by atoms with E-state index in [1.165, 1.54) is 0 Å². The van der Waals surface area contributed by atoms with E-state index in [0.717, 1.165) is 59.7 Å². The van der Waals surface area contributed by atoms with Crippen LogP contribution < -0.4 is 5.32 Å². The molecule has 1 aliphatic heterocycles. The zero-order valence-corrected chi connectivity index (χ0v) is 15.2. The summed E-state index contributed by atoms with van der Waals surface area (Å²) in [4.78, 5) is 14.0. The van der Waals surface area contributed by atoms with Crippen LogP contribution in [0.4, 0.5) is 0 Å². The fraction of sp³-hybridized carbons (Fsp3) is 0.286. The Bertz CT molecular complexity index is 1140. The van der Waals surface area contributed by atoms with Crippen molar-refractivity contribution < 1.29 is 5.11 Å². The Balaban J connectivity index is 1.55. The van der Waals surface area contributed by atoms with Crippen LogP contribution in [0.1, 0.15) is 30.1 Å². The van der Waals surface area contributed by atoms with Gasteiger partial charge in [-0.25, -0.2) is 9.97 Å². The molecular formula is C21H21N5O. The number of fused-ring (bicyclic) bond motifs is 2. The Morgan fingerprint density at radius 1 is 1.00 bits per heavy atom. The number of hydrogen-bond donors (Lipinski definition) is 2. The van der Waals surface area contributed by atoms with Crippen LogP contribution in [0.15, 0.2) is 42.7 Å². The first-order valence-electron chi connectivity index (χ1n) is 9.34. The van der Waals surface area contributed by atoms with Gasteiger partial charge in [0.05, 0.1) is 28.0 Å². The fourth-order valence-corrected chi connectivity index (χ4v) is 3.87. The highest BCUT2D eigenvalue weighted by atomic mass is 16.3. The van der Waals surface area contributed by atoms with Crippen LogP contribution in [-0.2, 0) is 0 Å². The third-order valence-corrected chi connectivity index (χ3v) is 5.29. The average Bonchev–Trinajstić information content (AvgIpc) is 3.06. The number of piperidine rings is 1. The van der Waals surface area contributed by atoms with Gasteiger partial charge in [-0.3, -0.25) is 4.98 Å². The van der Waals surface area contributed by atoms with Gasteiger partial charge in [0.1, 0.15) is 11.4 Å². The van der Waals surface area contributed by atoms with Gasteiger partial charge in [0.2, 0.25) is 0 Å². The summed E-state index contributed by atoms with van der Waals surface area (Å²) in [5.74, 6) is 0.700. The molecule has 1 fully saturated rings. The number of hydrogen-bond acceptors (Lipinski definition) is 5. The maximum atomic E-state index is 10.4. The van der Waals surface area contributed by atoms with Crippen molar-refractivity contribution >= 4 is 16.7 Å².